The maximum Gasteiger partial charge on any atom is 0.157 e. The molecule has 3 aromatic heterocycles. The number of thiophene rings is 1. The Bertz CT molecular complexity index is 946. The largest absolute Gasteiger partial charge is 0.495 e. The van der Waals surface area contributed by atoms with Crippen LogP contribution in [0.15, 0.2) is 60.4 Å². The molecule has 0 amide bonds. The Labute approximate surface area is 137 Å². The smallest absolute Gasteiger partial charge is 0.157 e. The maximum atomic E-state index is 5.43. The Hall–Kier alpha value is -2.86. The van der Waals surface area contributed by atoms with Crippen LogP contribution in [0.4, 0.5) is 11.5 Å². The van der Waals surface area contributed by atoms with Gasteiger partial charge in [0, 0.05) is 12.4 Å². The van der Waals surface area contributed by atoms with Gasteiger partial charge in [0.2, 0.25) is 0 Å². The Kier molecular flexibility index (Phi) is 3.44. The molecular formula is C17H14N4OS. The maximum absolute atomic E-state index is 5.43. The van der Waals surface area contributed by atoms with E-state index in [0.29, 0.717) is 0 Å². The topological polar surface area (TPSA) is 51.5 Å². The van der Waals surface area contributed by atoms with E-state index in [0.717, 1.165) is 33.5 Å². The molecule has 1 N–H and O–H groups in total. The zero-order chi connectivity index (χ0) is 15.6. The second kappa shape index (κ2) is 5.73. The lowest BCUT2D eigenvalue weighted by Gasteiger charge is -2.11. The molecule has 1 aromatic carbocycles. The van der Waals surface area contributed by atoms with E-state index < -0.39 is 0 Å². The zero-order valence-electron chi connectivity index (χ0n) is 12.4. The van der Waals surface area contributed by atoms with E-state index in [4.69, 9.17) is 9.72 Å². The van der Waals surface area contributed by atoms with Gasteiger partial charge in [-0.05, 0) is 23.6 Å². The first kappa shape index (κ1) is 13.8. The predicted molar refractivity (Wildman–Crippen MR) is 92.6 cm³/mol. The fourth-order valence-corrected chi connectivity index (χ4v) is 3.20. The molecule has 0 spiro atoms. The average Bonchev–Trinajstić information content (AvgIpc) is 3.23. The van der Waals surface area contributed by atoms with Gasteiger partial charge in [-0.3, -0.25) is 9.38 Å². The number of nitrogens with one attached hydrogen (secondary N) is 1. The summed E-state index contributed by atoms with van der Waals surface area (Å²) in [5, 5.41) is 5.50. The van der Waals surface area contributed by atoms with Crippen LogP contribution in [0.1, 0.15) is 0 Å². The summed E-state index contributed by atoms with van der Waals surface area (Å²) in [4.78, 5) is 9.97. The summed E-state index contributed by atoms with van der Waals surface area (Å²) in [6.45, 7) is 0. The van der Waals surface area contributed by atoms with Crippen molar-refractivity contribution in [3.8, 4) is 16.3 Å². The Morgan fingerprint density at radius 2 is 2.09 bits per heavy atom. The molecule has 0 bridgehead atoms. The number of hydrogen-bond acceptors (Lipinski definition) is 5. The molecule has 0 aliphatic heterocycles. The molecule has 4 rings (SSSR count). The van der Waals surface area contributed by atoms with Crippen LogP contribution >= 0.6 is 11.3 Å². The lowest BCUT2D eigenvalue weighted by atomic mass is 10.2. The number of nitrogens with zero attached hydrogens (tertiary/aromatic N) is 3. The molecule has 0 saturated carbocycles. The van der Waals surface area contributed by atoms with E-state index in [2.05, 4.69) is 16.4 Å². The number of methoxy groups -OCH3 is 1. The van der Waals surface area contributed by atoms with Gasteiger partial charge in [0.25, 0.3) is 0 Å². The van der Waals surface area contributed by atoms with E-state index in [9.17, 15) is 0 Å². The minimum Gasteiger partial charge on any atom is -0.495 e. The van der Waals surface area contributed by atoms with Crippen molar-refractivity contribution in [3.05, 3.63) is 60.4 Å². The van der Waals surface area contributed by atoms with E-state index in [-0.39, 0.29) is 0 Å². The van der Waals surface area contributed by atoms with Crippen LogP contribution in [0.5, 0.6) is 5.75 Å². The minimum absolute atomic E-state index is 0.786. The van der Waals surface area contributed by atoms with Gasteiger partial charge in [0.05, 0.1) is 23.9 Å². The predicted octanol–water partition coefficient (Wildman–Crippen LogP) is 4.21. The van der Waals surface area contributed by atoms with Gasteiger partial charge in [-0.2, -0.15) is 0 Å². The molecule has 23 heavy (non-hydrogen) atoms. The first-order chi connectivity index (χ1) is 11.4. The number of para-hydroxylation sites is 2. The standard InChI is InChI=1S/C17H14N4OS/c1-22-13-6-3-2-5-12(13)19-17-16(14-7-4-10-23-14)20-15-11-18-8-9-21(15)17/h2-11,19H,1H3. The van der Waals surface area contributed by atoms with Gasteiger partial charge in [-0.1, -0.05) is 18.2 Å². The summed E-state index contributed by atoms with van der Waals surface area (Å²) in [6.07, 6.45) is 5.40. The number of hydrogen-bond donors (Lipinski definition) is 1. The molecule has 0 radical (unpaired) electrons. The van der Waals surface area contributed by atoms with Crippen LogP contribution in [0.25, 0.3) is 16.2 Å². The first-order valence-corrected chi connectivity index (χ1v) is 8.01. The van der Waals surface area contributed by atoms with Crippen molar-refractivity contribution < 1.29 is 4.74 Å². The fourth-order valence-electron chi connectivity index (χ4n) is 2.49. The van der Waals surface area contributed by atoms with Gasteiger partial charge in [0.1, 0.15) is 17.3 Å². The van der Waals surface area contributed by atoms with E-state index in [1.54, 1.807) is 30.8 Å². The summed E-state index contributed by atoms with van der Waals surface area (Å²) in [7, 11) is 1.67. The second-order valence-electron chi connectivity index (χ2n) is 4.92. The molecular weight excluding hydrogens is 308 g/mol. The van der Waals surface area contributed by atoms with Crippen LogP contribution in [0.3, 0.4) is 0 Å². The van der Waals surface area contributed by atoms with Gasteiger partial charge >= 0.3 is 0 Å². The second-order valence-corrected chi connectivity index (χ2v) is 5.86. The molecule has 0 atom stereocenters. The van der Waals surface area contributed by atoms with E-state index in [1.807, 2.05) is 46.3 Å². The first-order valence-electron chi connectivity index (χ1n) is 7.13. The lowest BCUT2D eigenvalue weighted by molar-refractivity contribution is 0.417. The Morgan fingerprint density at radius 1 is 1.17 bits per heavy atom. The SMILES string of the molecule is COc1ccccc1Nc1c(-c2cccs2)nc2cnccn12. The molecule has 0 fully saturated rings. The number of rotatable bonds is 4. The third-order valence-corrected chi connectivity index (χ3v) is 4.42. The summed E-state index contributed by atoms with van der Waals surface area (Å²) in [6, 6.07) is 11.9. The number of benzene rings is 1. The molecule has 0 aliphatic carbocycles. The number of anilines is 2. The van der Waals surface area contributed by atoms with Gasteiger partial charge in [0.15, 0.2) is 5.65 Å². The molecule has 5 nitrogen and oxygen atoms in total. The molecule has 6 heteroatoms. The normalized spacial score (nSPS) is 10.8. The monoisotopic (exact) mass is 322 g/mol. The molecule has 4 aromatic rings. The Morgan fingerprint density at radius 3 is 2.91 bits per heavy atom. The van der Waals surface area contributed by atoms with Crippen molar-refractivity contribution in [2.75, 3.05) is 12.4 Å². The average molecular weight is 322 g/mol. The van der Waals surface area contributed by atoms with Crippen molar-refractivity contribution in [2.45, 2.75) is 0 Å². The van der Waals surface area contributed by atoms with Crippen LogP contribution < -0.4 is 10.1 Å². The van der Waals surface area contributed by atoms with Crippen molar-refractivity contribution in [2.24, 2.45) is 0 Å². The summed E-state index contributed by atoms with van der Waals surface area (Å²) >= 11 is 1.66. The van der Waals surface area contributed by atoms with Crippen LogP contribution in [-0.4, -0.2) is 21.5 Å². The van der Waals surface area contributed by atoms with E-state index in [1.165, 1.54) is 0 Å². The highest BCUT2D eigenvalue weighted by Gasteiger charge is 2.16. The molecule has 114 valence electrons. The van der Waals surface area contributed by atoms with Gasteiger partial charge in [-0.25, -0.2) is 4.98 Å². The third-order valence-electron chi connectivity index (χ3n) is 3.54. The van der Waals surface area contributed by atoms with Crippen molar-refractivity contribution in [1.29, 1.82) is 0 Å². The van der Waals surface area contributed by atoms with Gasteiger partial charge < -0.3 is 10.1 Å². The number of imidazole rings is 1. The highest BCUT2D eigenvalue weighted by molar-refractivity contribution is 7.13. The summed E-state index contributed by atoms with van der Waals surface area (Å²) < 4.78 is 7.43. The van der Waals surface area contributed by atoms with Crippen molar-refractivity contribution in [1.82, 2.24) is 14.4 Å². The van der Waals surface area contributed by atoms with Crippen LogP contribution in [0, 0.1) is 0 Å². The summed E-state index contributed by atoms with van der Waals surface area (Å²) in [5.74, 6) is 1.68. The summed E-state index contributed by atoms with van der Waals surface area (Å²) in [5.41, 5.74) is 2.60. The highest BCUT2D eigenvalue weighted by atomic mass is 32.1. The zero-order valence-corrected chi connectivity index (χ0v) is 13.2. The highest BCUT2D eigenvalue weighted by Crippen LogP contribution is 2.35. The Balaban J connectivity index is 1.89. The molecule has 0 aliphatic rings. The minimum atomic E-state index is 0.786. The van der Waals surface area contributed by atoms with Crippen molar-refractivity contribution >= 4 is 28.5 Å². The third kappa shape index (κ3) is 2.43. The van der Waals surface area contributed by atoms with Gasteiger partial charge in [-0.15, -0.1) is 11.3 Å². The number of fused-ring (bicyclic) bond motifs is 1. The van der Waals surface area contributed by atoms with Crippen molar-refractivity contribution in [3.63, 3.8) is 0 Å². The number of ether oxygens (including phenoxy) is 1. The number of aromatic nitrogens is 3. The fraction of sp³-hybridized carbons (Fsp3) is 0.0588. The van der Waals surface area contributed by atoms with Crippen LogP contribution in [-0.2, 0) is 0 Å². The molecule has 0 unspecified atom stereocenters. The van der Waals surface area contributed by atoms with Crippen LogP contribution in [0.2, 0.25) is 0 Å². The van der Waals surface area contributed by atoms with E-state index >= 15 is 0 Å². The molecule has 3 heterocycles. The molecule has 0 saturated heterocycles. The quantitative estimate of drug-likeness (QED) is 0.611. The lowest BCUT2D eigenvalue weighted by Crippen LogP contribution is -1.98.